The number of carbonyl (C=O) groups excluding carboxylic acids is 2. The van der Waals surface area contributed by atoms with Crippen LogP contribution in [-0.2, 0) is 4.79 Å². The van der Waals surface area contributed by atoms with Crippen molar-refractivity contribution >= 4 is 23.3 Å². The van der Waals surface area contributed by atoms with Crippen molar-refractivity contribution in [3.05, 3.63) is 64.7 Å². The number of hydrogen-bond donors (Lipinski definition) is 1. The lowest BCUT2D eigenvalue weighted by Crippen LogP contribution is -2.31. The molecule has 0 saturated heterocycles. The molecule has 1 amide bonds. The molecule has 0 aliphatic heterocycles. The van der Waals surface area contributed by atoms with Gasteiger partial charge in [0.15, 0.2) is 5.78 Å². The molecule has 0 aliphatic rings. The Labute approximate surface area is 158 Å². The summed E-state index contributed by atoms with van der Waals surface area (Å²) in [5.41, 5.74) is 1.08. The van der Waals surface area contributed by atoms with Gasteiger partial charge in [-0.2, -0.15) is 0 Å². The number of ether oxygens (including phenoxy) is 1. The van der Waals surface area contributed by atoms with E-state index in [4.69, 9.17) is 16.3 Å². The summed E-state index contributed by atoms with van der Waals surface area (Å²) < 4.78 is 5.13. The zero-order valence-electron chi connectivity index (χ0n) is 14.8. The van der Waals surface area contributed by atoms with E-state index in [1.165, 1.54) is 4.90 Å². The topological polar surface area (TPSA) is 66.8 Å². The summed E-state index contributed by atoms with van der Waals surface area (Å²) in [6.45, 7) is 0.131. The molecule has 0 saturated carbocycles. The fourth-order valence-electron chi connectivity index (χ4n) is 2.55. The van der Waals surface area contributed by atoms with E-state index < -0.39 is 6.10 Å². The molecule has 2 aromatic carbocycles. The van der Waals surface area contributed by atoms with Crippen molar-refractivity contribution in [2.45, 2.75) is 18.9 Å². The van der Waals surface area contributed by atoms with E-state index >= 15 is 0 Å². The first-order valence-electron chi connectivity index (χ1n) is 8.26. The van der Waals surface area contributed by atoms with Crippen LogP contribution in [0.5, 0.6) is 5.75 Å². The summed E-state index contributed by atoms with van der Waals surface area (Å²) >= 11 is 6.00. The van der Waals surface area contributed by atoms with E-state index in [1.807, 2.05) is 0 Å². The quantitative estimate of drug-likeness (QED) is 0.717. The molecule has 1 N–H and O–H groups in total. The van der Waals surface area contributed by atoms with Crippen molar-refractivity contribution in [1.29, 1.82) is 0 Å². The maximum absolute atomic E-state index is 12.3. The number of halogens is 1. The van der Waals surface area contributed by atoms with Crippen LogP contribution in [0, 0.1) is 0 Å². The highest BCUT2D eigenvalue weighted by atomic mass is 35.5. The van der Waals surface area contributed by atoms with Gasteiger partial charge < -0.3 is 14.7 Å². The molecule has 0 radical (unpaired) electrons. The molecule has 138 valence electrons. The average Bonchev–Trinajstić information content (AvgIpc) is 2.66. The Bertz CT molecular complexity index is 778. The van der Waals surface area contributed by atoms with Gasteiger partial charge >= 0.3 is 0 Å². The second-order valence-electron chi connectivity index (χ2n) is 5.97. The van der Waals surface area contributed by atoms with Gasteiger partial charge in [-0.3, -0.25) is 9.59 Å². The Balaban J connectivity index is 1.89. The van der Waals surface area contributed by atoms with Crippen molar-refractivity contribution in [2.24, 2.45) is 0 Å². The van der Waals surface area contributed by atoms with Gasteiger partial charge in [0.2, 0.25) is 5.91 Å². The van der Waals surface area contributed by atoms with Crippen molar-refractivity contribution in [2.75, 3.05) is 20.7 Å². The normalized spacial score (nSPS) is 11.7. The second kappa shape index (κ2) is 9.36. The van der Waals surface area contributed by atoms with Gasteiger partial charge in [-0.25, -0.2) is 0 Å². The van der Waals surface area contributed by atoms with Gasteiger partial charge in [0, 0.05) is 25.5 Å². The Morgan fingerprint density at radius 2 is 1.88 bits per heavy atom. The summed E-state index contributed by atoms with van der Waals surface area (Å²) in [5, 5.41) is 10.7. The lowest BCUT2D eigenvalue weighted by molar-refractivity contribution is -0.131. The lowest BCUT2D eigenvalue weighted by Gasteiger charge is -2.21. The van der Waals surface area contributed by atoms with Crippen LogP contribution < -0.4 is 4.74 Å². The highest BCUT2D eigenvalue weighted by Gasteiger charge is 2.18. The Morgan fingerprint density at radius 3 is 2.58 bits per heavy atom. The van der Waals surface area contributed by atoms with E-state index in [9.17, 15) is 14.7 Å². The number of ketones is 1. The third-order valence-electron chi connectivity index (χ3n) is 4.09. The lowest BCUT2D eigenvalue weighted by atomic mass is 10.1. The monoisotopic (exact) mass is 375 g/mol. The number of nitrogens with zero attached hydrogens (tertiary/aromatic N) is 1. The summed E-state index contributed by atoms with van der Waals surface area (Å²) in [5.74, 6) is 0.249. The first-order valence-corrected chi connectivity index (χ1v) is 8.64. The molecule has 2 aromatic rings. The van der Waals surface area contributed by atoms with Crippen LogP contribution in [0.3, 0.4) is 0 Å². The molecule has 26 heavy (non-hydrogen) atoms. The molecule has 0 bridgehead atoms. The number of aliphatic hydroxyl groups excluding tert-OH is 1. The molecule has 0 spiro atoms. The van der Waals surface area contributed by atoms with E-state index in [-0.39, 0.29) is 31.1 Å². The standard InChI is InChI=1S/C20H22ClNO4/c1-22(13-19(24)14-6-5-7-15(12-14)26-2)20(25)11-10-18(23)16-8-3-4-9-17(16)21/h3-9,12,19,24H,10-11,13H2,1-2H3. The Morgan fingerprint density at radius 1 is 1.15 bits per heavy atom. The van der Waals surface area contributed by atoms with Crippen LogP contribution in [0.2, 0.25) is 5.02 Å². The first-order chi connectivity index (χ1) is 12.4. The van der Waals surface area contributed by atoms with Crippen LogP contribution in [0.15, 0.2) is 48.5 Å². The molecule has 1 unspecified atom stereocenters. The zero-order chi connectivity index (χ0) is 19.1. The highest BCUT2D eigenvalue weighted by Crippen LogP contribution is 2.20. The van der Waals surface area contributed by atoms with Crippen LogP contribution in [0.4, 0.5) is 0 Å². The number of Topliss-reactive ketones (excluding diaryl/α,β-unsaturated/α-hetero) is 1. The van der Waals surface area contributed by atoms with Crippen LogP contribution in [0.1, 0.15) is 34.9 Å². The molecule has 2 rings (SSSR count). The minimum absolute atomic E-state index is 0.0609. The van der Waals surface area contributed by atoms with Crippen molar-refractivity contribution in [1.82, 2.24) is 4.90 Å². The molecule has 1 atom stereocenters. The number of aliphatic hydroxyl groups is 1. The van der Waals surface area contributed by atoms with Gasteiger partial charge in [0.05, 0.1) is 24.8 Å². The molecular weight excluding hydrogens is 354 g/mol. The van der Waals surface area contributed by atoms with Crippen molar-refractivity contribution in [3.63, 3.8) is 0 Å². The summed E-state index contributed by atoms with van der Waals surface area (Å²) in [7, 11) is 3.16. The first kappa shape index (κ1) is 19.9. The van der Waals surface area contributed by atoms with E-state index in [1.54, 1.807) is 62.7 Å². The van der Waals surface area contributed by atoms with Crippen molar-refractivity contribution < 1.29 is 19.4 Å². The predicted molar refractivity (Wildman–Crippen MR) is 101 cm³/mol. The van der Waals surface area contributed by atoms with E-state index in [2.05, 4.69) is 0 Å². The zero-order valence-corrected chi connectivity index (χ0v) is 15.6. The molecular formula is C20H22ClNO4. The predicted octanol–water partition coefficient (Wildman–Crippen LogP) is 3.50. The second-order valence-corrected chi connectivity index (χ2v) is 6.38. The maximum Gasteiger partial charge on any atom is 0.222 e. The molecule has 5 nitrogen and oxygen atoms in total. The number of rotatable bonds is 8. The molecule has 0 aromatic heterocycles. The third kappa shape index (κ3) is 5.31. The largest absolute Gasteiger partial charge is 0.497 e. The van der Waals surface area contributed by atoms with Crippen LogP contribution in [-0.4, -0.2) is 42.4 Å². The number of methoxy groups -OCH3 is 1. The fourth-order valence-corrected chi connectivity index (χ4v) is 2.79. The van der Waals surface area contributed by atoms with Crippen molar-refractivity contribution in [3.8, 4) is 5.75 Å². The van der Waals surface area contributed by atoms with Crippen LogP contribution >= 0.6 is 11.6 Å². The fraction of sp³-hybridized carbons (Fsp3) is 0.300. The van der Waals surface area contributed by atoms with Gasteiger partial charge in [-0.1, -0.05) is 35.9 Å². The van der Waals surface area contributed by atoms with Gasteiger partial charge in [-0.15, -0.1) is 0 Å². The van der Waals surface area contributed by atoms with E-state index in [0.717, 1.165) is 0 Å². The van der Waals surface area contributed by atoms with Gasteiger partial charge in [0.1, 0.15) is 5.75 Å². The van der Waals surface area contributed by atoms with Gasteiger partial charge in [-0.05, 0) is 29.8 Å². The minimum Gasteiger partial charge on any atom is -0.497 e. The highest BCUT2D eigenvalue weighted by molar-refractivity contribution is 6.34. The van der Waals surface area contributed by atoms with Crippen LogP contribution in [0.25, 0.3) is 0 Å². The average molecular weight is 376 g/mol. The molecule has 0 aliphatic carbocycles. The third-order valence-corrected chi connectivity index (χ3v) is 4.42. The Hall–Kier alpha value is -2.37. The minimum atomic E-state index is -0.835. The number of benzene rings is 2. The summed E-state index contributed by atoms with van der Waals surface area (Å²) in [6, 6.07) is 13.8. The van der Waals surface area contributed by atoms with Gasteiger partial charge in [0.25, 0.3) is 0 Å². The summed E-state index contributed by atoms with van der Waals surface area (Å²) in [6.07, 6.45) is -0.702. The SMILES string of the molecule is COc1cccc(C(O)CN(C)C(=O)CCC(=O)c2ccccc2Cl)c1. The molecule has 6 heteroatoms. The number of likely N-dealkylation sites (N-methyl/N-ethyl adjacent to an activating group) is 1. The number of amides is 1. The summed E-state index contributed by atoms with van der Waals surface area (Å²) in [4.78, 5) is 25.9. The molecule has 0 fully saturated rings. The van der Waals surface area contributed by atoms with E-state index in [0.29, 0.717) is 21.9 Å². The number of hydrogen-bond acceptors (Lipinski definition) is 4. The number of carbonyl (C=O) groups is 2. The maximum atomic E-state index is 12.3. The Kier molecular flexibility index (Phi) is 7.18. The smallest absolute Gasteiger partial charge is 0.222 e. The molecule has 0 heterocycles.